The van der Waals surface area contributed by atoms with Gasteiger partial charge in [-0.05, 0) is 33.2 Å². The summed E-state index contributed by atoms with van der Waals surface area (Å²) in [5, 5.41) is 15.9. The number of aromatic carboxylic acids is 1. The molecule has 6 nitrogen and oxygen atoms in total. The summed E-state index contributed by atoms with van der Waals surface area (Å²) in [6.07, 6.45) is 1.74. The van der Waals surface area contributed by atoms with Gasteiger partial charge in [-0.3, -0.25) is 4.79 Å². The molecule has 0 bridgehead atoms. The fourth-order valence-corrected chi connectivity index (χ4v) is 2.04. The second-order valence-corrected chi connectivity index (χ2v) is 4.26. The average Bonchev–Trinajstić information content (AvgIpc) is 2.88. The number of carbonyl (C=O) groups is 2. The van der Waals surface area contributed by atoms with Crippen molar-refractivity contribution in [1.29, 1.82) is 0 Å². The van der Waals surface area contributed by atoms with Crippen LogP contribution < -0.4 is 5.32 Å². The smallest absolute Gasteiger partial charge is 0.356 e. The van der Waals surface area contributed by atoms with Crippen LogP contribution in [0.3, 0.4) is 0 Å². The fourth-order valence-electron chi connectivity index (χ4n) is 2.04. The highest BCUT2D eigenvalue weighted by molar-refractivity contribution is 5.90. The van der Waals surface area contributed by atoms with Crippen molar-refractivity contribution < 1.29 is 14.7 Å². The number of carboxylic acids is 1. The fraction of sp³-hybridized carbons (Fsp3) is 0.545. The van der Waals surface area contributed by atoms with Gasteiger partial charge < -0.3 is 10.4 Å². The maximum absolute atomic E-state index is 12.1. The topological polar surface area (TPSA) is 84.2 Å². The van der Waals surface area contributed by atoms with E-state index < -0.39 is 5.97 Å². The molecule has 2 rings (SSSR count). The Labute approximate surface area is 98.6 Å². The standard InChI is InChI=1S/C11H15N3O3/c1-6-7(2)14(13-9(6)11(16)17)10(15)8-4-3-5-12-8/h8,12H,3-5H2,1-2H3,(H,16,17)/t8-/m0/s1. The van der Waals surface area contributed by atoms with Crippen LogP contribution >= 0.6 is 0 Å². The lowest BCUT2D eigenvalue weighted by atomic mass is 10.2. The highest BCUT2D eigenvalue weighted by Gasteiger charge is 2.27. The van der Waals surface area contributed by atoms with Gasteiger partial charge in [0.15, 0.2) is 5.69 Å². The molecule has 1 fully saturated rings. The Kier molecular flexibility index (Phi) is 2.97. The Bertz CT molecular complexity index is 473. The molecular weight excluding hydrogens is 222 g/mol. The third-order valence-electron chi connectivity index (χ3n) is 3.19. The Morgan fingerprint density at radius 1 is 1.47 bits per heavy atom. The zero-order chi connectivity index (χ0) is 12.6. The minimum atomic E-state index is -1.10. The molecule has 1 aliphatic heterocycles. The molecule has 1 aromatic heterocycles. The van der Waals surface area contributed by atoms with Crippen LogP contribution in [0.25, 0.3) is 0 Å². The second kappa shape index (κ2) is 4.29. The van der Waals surface area contributed by atoms with Crippen molar-refractivity contribution in [1.82, 2.24) is 15.1 Å². The third kappa shape index (κ3) is 1.95. The molecule has 2 N–H and O–H groups in total. The number of hydrogen-bond acceptors (Lipinski definition) is 4. The first kappa shape index (κ1) is 11.8. The Morgan fingerprint density at radius 2 is 2.18 bits per heavy atom. The molecule has 17 heavy (non-hydrogen) atoms. The molecule has 0 radical (unpaired) electrons. The summed E-state index contributed by atoms with van der Waals surface area (Å²) in [6.45, 7) is 4.20. The number of aromatic nitrogens is 2. The van der Waals surface area contributed by atoms with Crippen LogP contribution in [-0.2, 0) is 0 Å². The van der Waals surface area contributed by atoms with Crippen molar-refractivity contribution in [2.45, 2.75) is 32.7 Å². The van der Waals surface area contributed by atoms with E-state index in [1.54, 1.807) is 13.8 Å². The first-order valence-corrected chi connectivity index (χ1v) is 5.59. The van der Waals surface area contributed by atoms with Gasteiger partial charge in [0.2, 0.25) is 0 Å². The lowest BCUT2D eigenvalue weighted by Gasteiger charge is -2.09. The monoisotopic (exact) mass is 237 g/mol. The normalized spacial score (nSPS) is 19.5. The summed E-state index contributed by atoms with van der Waals surface area (Å²) in [5.41, 5.74) is 1.10. The second-order valence-electron chi connectivity index (χ2n) is 4.26. The van der Waals surface area contributed by atoms with E-state index >= 15 is 0 Å². The predicted molar refractivity (Wildman–Crippen MR) is 60.3 cm³/mol. The van der Waals surface area contributed by atoms with Gasteiger partial charge in [-0.2, -0.15) is 5.10 Å². The zero-order valence-corrected chi connectivity index (χ0v) is 9.86. The van der Waals surface area contributed by atoms with Crippen LogP contribution in [0.4, 0.5) is 0 Å². The molecule has 0 aromatic carbocycles. The molecule has 1 saturated heterocycles. The molecular formula is C11H15N3O3. The van der Waals surface area contributed by atoms with Crippen molar-refractivity contribution in [2.75, 3.05) is 6.54 Å². The van der Waals surface area contributed by atoms with Crippen molar-refractivity contribution in [2.24, 2.45) is 0 Å². The number of rotatable bonds is 2. The molecule has 92 valence electrons. The van der Waals surface area contributed by atoms with Crippen molar-refractivity contribution in [3.8, 4) is 0 Å². The summed E-state index contributed by atoms with van der Waals surface area (Å²) in [4.78, 5) is 23.0. The molecule has 0 aliphatic carbocycles. The average molecular weight is 237 g/mol. The quantitative estimate of drug-likeness (QED) is 0.786. The number of hydrogen-bond donors (Lipinski definition) is 2. The van der Waals surface area contributed by atoms with Gasteiger partial charge in [0.05, 0.1) is 6.04 Å². The van der Waals surface area contributed by atoms with E-state index in [0.717, 1.165) is 19.4 Å². The lowest BCUT2D eigenvalue weighted by Crippen LogP contribution is -2.36. The molecule has 1 aromatic rings. The van der Waals surface area contributed by atoms with Gasteiger partial charge >= 0.3 is 5.97 Å². The van der Waals surface area contributed by atoms with E-state index in [9.17, 15) is 9.59 Å². The summed E-state index contributed by atoms with van der Waals surface area (Å²) >= 11 is 0. The van der Waals surface area contributed by atoms with Crippen molar-refractivity contribution in [3.05, 3.63) is 17.0 Å². The molecule has 2 heterocycles. The van der Waals surface area contributed by atoms with Gasteiger partial charge in [0.1, 0.15) is 0 Å². The van der Waals surface area contributed by atoms with Gasteiger partial charge in [0.25, 0.3) is 5.91 Å². The van der Waals surface area contributed by atoms with E-state index in [0.29, 0.717) is 11.3 Å². The van der Waals surface area contributed by atoms with E-state index in [2.05, 4.69) is 10.4 Å². The van der Waals surface area contributed by atoms with E-state index in [1.807, 2.05) is 0 Å². The minimum Gasteiger partial charge on any atom is -0.476 e. The Morgan fingerprint density at radius 3 is 2.65 bits per heavy atom. The van der Waals surface area contributed by atoms with Crippen LogP contribution in [0.2, 0.25) is 0 Å². The first-order valence-electron chi connectivity index (χ1n) is 5.59. The zero-order valence-electron chi connectivity index (χ0n) is 9.86. The maximum atomic E-state index is 12.1. The van der Waals surface area contributed by atoms with E-state index in [1.165, 1.54) is 4.68 Å². The molecule has 1 aliphatic rings. The number of nitrogens with zero attached hydrogens (tertiary/aromatic N) is 2. The summed E-state index contributed by atoms with van der Waals surface area (Å²) < 4.78 is 1.21. The van der Waals surface area contributed by atoms with Crippen LogP contribution in [0.5, 0.6) is 0 Å². The Hall–Kier alpha value is -1.69. The largest absolute Gasteiger partial charge is 0.476 e. The number of carboxylic acid groups (broad SMARTS) is 1. The summed E-state index contributed by atoms with van der Waals surface area (Å²) in [5.74, 6) is -1.27. The maximum Gasteiger partial charge on any atom is 0.356 e. The summed E-state index contributed by atoms with van der Waals surface area (Å²) in [7, 11) is 0. The molecule has 0 spiro atoms. The van der Waals surface area contributed by atoms with Crippen LogP contribution in [0, 0.1) is 13.8 Å². The lowest BCUT2D eigenvalue weighted by molar-refractivity contribution is 0.0688. The first-order chi connectivity index (χ1) is 8.02. The predicted octanol–water partition coefficient (Wildman–Crippen LogP) is 0.590. The van der Waals surface area contributed by atoms with E-state index in [4.69, 9.17) is 5.11 Å². The number of nitrogens with one attached hydrogen (secondary N) is 1. The van der Waals surface area contributed by atoms with Crippen LogP contribution in [0.15, 0.2) is 0 Å². The van der Waals surface area contributed by atoms with Gasteiger partial charge in [-0.1, -0.05) is 0 Å². The minimum absolute atomic E-state index is 0.0474. The SMILES string of the molecule is Cc1c(C(=O)O)nn(C(=O)[C@@H]2CCCN2)c1C. The highest BCUT2D eigenvalue weighted by atomic mass is 16.4. The van der Waals surface area contributed by atoms with Gasteiger partial charge in [-0.25, -0.2) is 9.48 Å². The third-order valence-corrected chi connectivity index (χ3v) is 3.19. The molecule has 0 unspecified atom stereocenters. The highest BCUT2D eigenvalue weighted by Crippen LogP contribution is 2.15. The van der Waals surface area contributed by atoms with Gasteiger partial charge in [-0.15, -0.1) is 0 Å². The number of carbonyl (C=O) groups excluding carboxylic acids is 1. The van der Waals surface area contributed by atoms with E-state index in [-0.39, 0.29) is 17.6 Å². The van der Waals surface area contributed by atoms with Crippen LogP contribution in [0.1, 0.15) is 39.4 Å². The summed E-state index contributed by atoms with van der Waals surface area (Å²) in [6, 6.07) is -0.241. The Balaban J connectivity index is 2.35. The molecule has 0 saturated carbocycles. The van der Waals surface area contributed by atoms with Crippen molar-refractivity contribution in [3.63, 3.8) is 0 Å². The van der Waals surface area contributed by atoms with Gasteiger partial charge in [0, 0.05) is 11.3 Å². The molecule has 1 atom stereocenters. The molecule has 6 heteroatoms. The molecule has 0 amide bonds. The van der Waals surface area contributed by atoms with Crippen molar-refractivity contribution >= 4 is 11.9 Å². The van der Waals surface area contributed by atoms with Crippen LogP contribution in [-0.4, -0.2) is 39.4 Å².